The Kier molecular flexibility index (Phi) is 4.80. The number of hydrogen-bond donors (Lipinski definition) is 2. The highest BCUT2D eigenvalue weighted by Gasteiger charge is 2.18. The number of hydrogen-bond acceptors (Lipinski definition) is 4. The molecule has 19 heavy (non-hydrogen) atoms. The van der Waals surface area contributed by atoms with Gasteiger partial charge in [0.25, 0.3) is 0 Å². The van der Waals surface area contributed by atoms with Crippen LogP contribution in [0.5, 0.6) is 5.75 Å². The fraction of sp³-hybridized carbons (Fsp3) is 0.533. The van der Waals surface area contributed by atoms with Crippen molar-refractivity contribution in [1.82, 2.24) is 5.32 Å². The number of rotatable bonds is 6. The molecule has 0 bridgehead atoms. The molecule has 1 heterocycles. The number of fused-ring (bicyclic) bond motifs is 1. The third kappa shape index (κ3) is 3.47. The molecule has 0 fully saturated rings. The molecule has 0 spiro atoms. The van der Waals surface area contributed by atoms with Crippen molar-refractivity contribution in [3.63, 3.8) is 0 Å². The minimum atomic E-state index is 0.121. The zero-order valence-corrected chi connectivity index (χ0v) is 11.7. The van der Waals surface area contributed by atoms with E-state index in [1.807, 2.05) is 18.2 Å². The molecule has 0 radical (unpaired) electrons. The summed E-state index contributed by atoms with van der Waals surface area (Å²) in [6.07, 6.45) is 2.24. The maximum Gasteiger partial charge on any atom is 0.176 e. The molecule has 2 N–H and O–H groups in total. The van der Waals surface area contributed by atoms with Gasteiger partial charge in [-0.3, -0.25) is 4.79 Å². The molecule has 1 aromatic carbocycles. The molecule has 0 saturated carbocycles. The monoisotopic (exact) mass is 262 g/mol. The van der Waals surface area contributed by atoms with E-state index in [0.29, 0.717) is 6.54 Å². The normalized spacial score (nSPS) is 17.3. The van der Waals surface area contributed by atoms with Crippen LogP contribution in [0.4, 0.5) is 5.69 Å². The number of nitrogens with one attached hydrogen (secondary N) is 2. The molecular formula is C15H22N2O2. The lowest BCUT2D eigenvalue weighted by Crippen LogP contribution is -2.30. The minimum Gasteiger partial charge on any atom is -0.486 e. The van der Waals surface area contributed by atoms with Crippen molar-refractivity contribution >= 4 is 11.5 Å². The van der Waals surface area contributed by atoms with Gasteiger partial charge in [-0.2, -0.15) is 0 Å². The van der Waals surface area contributed by atoms with Crippen LogP contribution < -0.4 is 15.4 Å². The zero-order chi connectivity index (χ0) is 13.7. The van der Waals surface area contributed by atoms with Gasteiger partial charge in [-0.15, -0.1) is 0 Å². The second-order valence-electron chi connectivity index (χ2n) is 4.84. The van der Waals surface area contributed by atoms with Crippen LogP contribution in [0.15, 0.2) is 18.2 Å². The first kappa shape index (κ1) is 13.9. The molecule has 0 aliphatic carbocycles. The molecule has 4 nitrogen and oxygen atoms in total. The van der Waals surface area contributed by atoms with Crippen molar-refractivity contribution in [1.29, 1.82) is 0 Å². The topological polar surface area (TPSA) is 50.4 Å². The summed E-state index contributed by atoms with van der Waals surface area (Å²) in [6, 6.07) is 5.61. The van der Waals surface area contributed by atoms with Crippen molar-refractivity contribution in [3.05, 3.63) is 23.8 Å². The van der Waals surface area contributed by atoms with Crippen molar-refractivity contribution in [3.8, 4) is 5.75 Å². The highest BCUT2D eigenvalue weighted by atomic mass is 16.5. The number of anilines is 1. The smallest absolute Gasteiger partial charge is 0.176 e. The third-order valence-corrected chi connectivity index (χ3v) is 3.28. The molecule has 2 rings (SSSR count). The first-order valence-electron chi connectivity index (χ1n) is 7.03. The van der Waals surface area contributed by atoms with Crippen LogP contribution in [0.25, 0.3) is 0 Å². The highest BCUT2D eigenvalue weighted by Crippen LogP contribution is 2.30. The van der Waals surface area contributed by atoms with Crippen LogP contribution in [0.3, 0.4) is 0 Å². The Hall–Kier alpha value is -1.55. The second-order valence-corrected chi connectivity index (χ2v) is 4.84. The van der Waals surface area contributed by atoms with Gasteiger partial charge in [-0.1, -0.05) is 13.8 Å². The van der Waals surface area contributed by atoms with Gasteiger partial charge in [0.15, 0.2) is 5.78 Å². The van der Waals surface area contributed by atoms with Crippen LogP contribution in [0.1, 0.15) is 37.0 Å². The molecule has 1 atom stereocenters. The summed E-state index contributed by atoms with van der Waals surface area (Å²) < 4.78 is 5.82. The molecule has 0 amide bonds. The van der Waals surface area contributed by atoms with Gasteiger partial charge < -0.3 is 15.4 Å². The molecule has 104 valence electrons. The maximum absolute atomic E-state index is 12.0. The highest BCUT2D eigenvalue weighted by molar-refractivity contribution is 5.98. The van der Waals surface area contributed by atoms with Gasteiger partial charge >= 0.3 is 0 Å². The lowest BCUT2D eigenvalue weighted by atomic mass is 10.1. The average molecular weight is 262 g/mol. The first-order valence-corrected chi connectivity index (χ1v) is 7.03. The van der Waals surface area contributed by atoms with E-state index in [1.165, 1.54) is 0 Å². The number of carbonyl (C=O) groups is 1. The average Bonchev–Trinajstić information content (AvgIpc) is 2.46. The van der Waals surface area contributed by atoms with Crippen LogP contribution in [0, 0.1) is 0 Å². The second kappa shape index (κ2) is 6.57. The molecule has 1 aliphatic heterocycles. The van der Waals surface area contributed by atoms with Crippen molar-refractivity contribution in [2.24, 2.45) is 0 Å². The number of ketones is 1. The van der Waals surface area contributed by atoms with Crippen molar-refractivity contribution in [2.75, 3.05) is 25.0 Å². The van der Waals surface area contributed by atoms with E-state index in [-0.39, 0.29) is 11.9 Å². The lowest BCUT2D eigenvalue weighted by molar-refractivity contribution is 0.0991. The summed E-state index contributed by atoms with van der Waals surface area (Å²) in [5.41, 5.74) is 1.65. The molecule has 0 aromatic heterocycles. The van der Waals surface area contributed by atoms with Gasteiger partial charge in [0.1, 0.15) is 11.9 Å². The van der Waals surface area contributed by atoms with E-state index >= 15 is 0 Å². The SMILES string of the molecule is CCCNCC(=O)c1ccc2c(c1)NCC(CC)O2. The summed E-state index contributed by atoms with van der Waals surface area (Å²) in [5.74, 6) is 0.965. The zero-order valence-electron chi connectivity index (χ0n) is 11.7. The maximum atomic E-state index is 12.0. The van der Waals surface area contributed by atoms with E-state index in [0.717, 1.165) is 42.9 Å². The Morgan fingerprint density at radius 1 is 1.47 bits per heavy atom. The predicted octanol–water partition coefficient (Wildman–Crippen LogP) is 2.45. The van der Waals surface area contributed by atoms with Gasteiger partial charge in [0, 0.05) is 5.56 Å². The molecule has 4 heteroatoms. The number of ether oxygens (including phenoxy) is 1. The van der Waals surface area contributed by atoms with Gasteiger partial charge in [-0.25, -0.2) is 0 Å². The van der Waals surface area contributed by atoms with E-state index in [2.05, 4.69) is 24.5 Å². The fourth-order valence-corrected chi connectivity index (χ4v) is 2.10. The van der Waals surface area contributed by atoms with E-state index in [1.54, 1.807) is 0 Å². The van der Waals surface area contributed by atoms with Crippen molar-refractivity contribution in [2.45, 2.75) is 32.8 Å². The summed E-state index contributed by atoms with van der Waals surface area (Å²) in [6.45, 7) is 6.26. The van der Waals surface area contributed by atoms with E-state index in [9.17, 15) is 4.79 Å². The fourth-order valence-electron chi connectivity index (χ4n) is 2.10. The van der Waals surface area contributed by atoms with Gasteiger partial charge in [-0.05, 0) is 37.6 Å². The standard InChI is InChI=1S/C15H22N2O2/c1-3-7-16-10-14(18)11-5-6-15-13(8-11)17-9-12(4-2)19-15/h5-6,8,12,16-17H,3-4,7,9-10H2,1-2H3. The Balaban J connectivity index is 2.03. The van der Waals surface area contributed by atoms with Crippen LogP contribution in [0.2, 0.25) is 0 Å². The first-order chi connectivity index (χ1) is 9.24. The lowest BCUT2D eigenvalue weighted by Gasteiger charge is -2.26. The van der Waals surface area contributed by atoms with Crippen LogP contribution in [-0.4, -0.2) is 31.5 Å². The van der Waals surface area contributed by atoms with E-state index in [4.69, 9.17) is 4.74 Å². The number of Topliss-reactive ketones (excluding diaryl/α,β-unsaturated/α-hetero) is 1. The molecule has 1 unspecified atom stereocenters. The predicted molar refractivity (Wildman–Crippen MR) is 77.1 cm³/mol. The Bertz CT molecular complexity index is 446. The third-order valence-electron chi connectivity index (χ3n) is 3.28. The number of carbonyl (C=O) groups excluding carboxylic acids is 1. The Morgan fingerprint density at radius 3 is 3.05 bits per heavy atom. The van der Waals surface area contributed by atoms with Gasteiger partial charge in [0.2, 0.25) is 0 Å². The summed E-state index contributed by atoms with van der Waals surface area (Å²) in [4.78, 5) is 12.0. The van der Waals surface area contributed by atoms with Crippen LogP contribution in [-0.2, 0) is 0 Å². The van der Waals surface area contributed by atoms with Crippen LogP contribution >= 0.6 is 0 Å². The molecule has 0 saturated heterocycles. The minimum absolute atomic E-state index is 0.121. The number of benzene rings is 1. The molecule has 1 aliphatic rings. The Morgan fingerprint density at radius 2 is 2.32 bits per heavy atom. The largest absolute Gasteiger partial charge is 0.486 e. The Labute approximate surface area is 114 Å². The molecular weight excluding hydrogens is 240 g/mol. The summed E-state index contributed by atoms with van der Waals surface area (Å²) in [5, 5.41) is 6.46. The van der Waals surface area contributed by atoms with E-state index < -0.39 is 0 Å². The summed E-state index contributed by atoms with van der Waals surface area (Å²) in [7, 11) is 0. The molecule has 1 aromatic rings. The summed E-state index contributed by atoms with van der Waals surface area (Å²) >= 11 is 0. The quantitative estimate of drug-likeness (QED) is 0.611. The van der Waals surface area contributed by atoms with Gasteiger partial charge in [0.05, 0.1) is 18.8 Å². The van der Waals surface area contributed by atoms with Crippen molar-refractivity contribution < 1.29 is 9.53 Å².